The van der Waals surface area contributed by atoms with E-state index in [4.69, 9.17) is 10.1 Å². The predicted octanol–water partition coefficient (Wildman–Crippen LogP) is 1.85. The van der Waals surface area contributed by atoms with Gasteiger partial charge in [-0.05, 0) is 25.1 Å². The molecule has 11 heavy (non-hydrogen) atoms. The van der Waals surface area contributed by atoms with Crippen molar-refractivity contribution in [3.63, 3.8) is 0 Å². The van der Waals surface area contributed by atoms with Crippen LogP contribution in [0.3, 0.4) is 0 Å². The Balaban J connectivity index is 2.69. The first-order chi connectivity index (χ1) is 5.34. The molecule has 0 aliphatic heterocycles. The molecule has 2 nitrogen and oxygen atoms in total. The smallest absolute Gasteiger partial charge is 0.213 e. The van der Waals surface area contributed by atoms with Crippen LogP contribution in [0.1, 0.15) is 12.5 Å². The maximum Gasteiger partial charge on any atom is 0.213 e. The molecule has 0 aromatic heterocycles. The summed E-state index contributed by atoms with van der Waals surface area (Å²) in [6.45, 7) is 2.40. The van der Waals surface area contributed by atoms with Crippen molar-refractivity contribution in [3.8, 4) is 0 Å². The number of rotatable bonds is 2. The summed E-state index contributed by atoms with van der Waals surface area (Å²) in [5.41, 5.74) is 0.773. The number of hydrogen-bond donors (Lipinski definition) is 1. The van der Waals surface area contributed by atoms with E-state index in [2.05, 4.69) is 6.07 Å². The van der Waals surface area contributed by atoms with Crippen LogP contribution < -0.4 is 0 Å². The Hall–Kier alpha value is -1.31. The summed E-state index contributed by atoms with van der Waals surface area (Å²) in [7, 11) is 0. The van der Waals surface area contributed by atoms with Gasteiger partial charge in [0.2, 0.25) is 5.90 Å². The Morgan fingerprint density at radius 3 is 3.09 bits per heavy atom. The molecule has 1 rings (SSSR count). The van der Waals surface area contributed by atoms with Crippen LogP contribution in [0.4, 0.5) is 0 Å². The van der Waals surface area contributed by atoms with Gasteiger partial charge < -0.3 is 4.74 Å². The van der Waals surface area contributed by atoms with Crippen LogP contribution in [0, 0.1) is 11.5 Å². The third-order valence-corrected chi connectivity index (χ3v) is 1.26. The van der Waals surface area contributed by atoms with Crippen molar-refractivity contribution in [2.75, 3.05) is 6.61 Å². The zero-order valence-corrected chi connectivity index (χ0v) is 6.42. The predicted molar refractivity (Wildman–Crippen MR) is 43.7 cm³/mol. The first-order valence-corrected chi connectivity index (χ1v) is 3.52. The van der Waals surface area contributed by atoms with E-state index in [-0.39, 0.29) is 5.90 Å². The monoisotopic (exact) mass is 148 g/mol. The lowest BCUT2D eigenvalue weighted by Crippen LogP contribution is -2.03. The number of ether oxygens (including phenoxy) is 1. The van der Waals surface area contributed by atoms with Crippen molar-refractivity contribution < 1.29 is 4.74 Å². The third kappa shape index (κ3) is 2.08. The molecule has 0 saturated heterocycles. The Kier molecular flexibility index (Phi) is 2.66. The average molecular weight is 148 g/mol. The molecular weight excluding hydrogens is 138 g/mol. The van der Waals surface area contributed by atoms with Gasteiger partial charge >= 0.3 is 0 Å². The SMILES string of the molecule is CCOC(=N)c1c[c]ccc1. The van der Waals surface area contributed by atoms with Crippen LogP contribution in [0.15, 0.2) is 24.3 Å². The molecule has 0 amide bonds. The Morgan fingerprint density at radius 1 is 1.73 bits per heavy atom. The molecule has 0 bridgehead atoms. The van der Waals surface area contributed by atoms with E-state index in [9.17, 15) is 0 Å². The van der Waals surface area contributed by atoms with Crippen LogP contribution in [0.5, 0.6) is 0 Å². The molecule has 0 aliphatic carbocycles. The van der Waals surface area contributed by atoms with Gasteiger partial charge in [-0.3, -0.25) is 5.41 Å². The summed E-state index contributed by atoms with van der Waals surface area (Å²) in [5, 5.41) is 7.39. The van der Waals surface area contributed by atoms with Crippen molar-refractivity contribution >= 4 is 5.90 Å². The van der Waals surface area contributed by atoms with Gasteiger partial charge in [0.1, 0.15) is 0 Å². The van der Waals surface area contributed by atoms with E-state index in [1.54, 1.807) is 12.1 Å². The fraction of sp³-hybridized carbons (Fsp3) is 0.222. The minimum atomic E-state index is 0.212. The fourth-order valence-electron chi connectivity index (χ4n) is 0.762. The van der Waals surface area contributed by atoms with Gasteiger partial charge in [-0.25, -0.2) is 0 Å². The van der Waals surface area contributed by atoms with E-state index < -0.39 is 0 Å². The lowest BCUT2D eigenvalue weighted by Gasteiger charge is -2.02. The standard InChI is InChI=1S/C9H10NO/c1-2-11-9(10)8-6-4-3-5-7-8/h3-4,6-7,10H,2H2,1H3. The Morgan fingerprint density at radius 2 is 2.55 bits per heavy atom. The van der Waals surface area contributed by atoms with Gasteiger partial charge in [-0.1, -0.05) is 12.1 Å². The maximum absolute atomic E-state index is 7.39. The number of benzene rings is 1. The van der Waals surface area contributed by atoms with E-state index in [0.29, 0.717) is 6.61 Å². The van der Waals surface area contributed by atoms with Crippen molar-refractivity contribution in [3.05, 3.63) is 35.9 Å². The van der Waals surface area contributed by atoms with Crippen LogP contribution in [0.25, 0.3) is 0 Å². The van der Waals surface area contributed by atoms with Gasteiger partial charge in [0.05, 0.1) is 6.61 Å². The topological polar surface area (TPSA) is 33.1 Å². The lowest BCUT2D eigenvalue weighted by molar-refractivity contribution is 0.325. The number of hydrogen-bond acceptors (Lipinski definition) is 2. The molecule has 0 unspecified atom stereocenters. The Bertz CT molecular complexity index is 231. The molecule has 1 N–H and O–H groups in total. The van der Waals surface area contributed by atoms with Crippen molar-refractivity contribution in [2.45, 2.75) is 6.92 Å². The van der Waals surface area contributed by atoms with Crippen molar-refractivity contribution in [2.24, 2.45) is 0 Å². The van der Waals surface area contributed by atoms with Crippen LogP contribution in [-0.4, -0.2) is 12.5 Å². The molecule has 0 heterocycles. The van der Waals surface area contributed by atoms with Gasteiger partial charge in [0, 0.05) is 5.56 Å². The Labute approximate surface area is 66.3 Å². The van der Waals surface area contributed by atoms with Crippen LogP contribution >= 0.6 is 0 Å². The van der Waals surface area contributed by atoms with E-state index in [0.717, 1.165) is 5.56 Å². The van der Waals surface area contributed by atoms with Crippen LogP contribution in [-0.2, 0) is 4.74 Å². The minimum absolute atomic E-state index is 0.212. The summed E-state index contributed by atoms with van der Waals surface area (Å²) < 4.78 is 4.99. The normalized spacial score (nSPS) is 9.18. The third-order valence-electron chi connectivity index (χ3n) is 1.26. The summed E-state index contributed by atoms with van der Waals surface area (Å²) in [4.78, 5) is 0. The summed E-state index contributed by atoms with van der Waals surface area (Å²) in [6.07, 6.45) is 0. The van der Waals surface area contributed by atoms with Gasteiger partial charge in [-0.2, -0.15) is 0 Å². The van der Waals surface area contributed by atoms with Gasteiger partial charge in [-0.15, -0.1) is 0 Å². The first kappa shape index (κ1) is 7.79. The molecule has 1 radical (unpaired) electrons. The average Bonchev–Trinajstić information content (AvgIpc) is 2.07. The molecule has 1 aromatic carbocycles. The second kappa shape index (κ2) is 3.76. The summed E-state index contributed by atoms with van der Waals surface area (Å²) in [6, 6.07) is 10.1. The maximum atomic E-state index is 7.39. The summed E-state index contributed by atoms with van der Waals surface area (Å²) >= 11 is 0. The zero-order valence-electron chi connectivity index (χ0n) is 6.42. The highest BCUT2D eigenvalue weighted by molar-refractivity contribution is 5.91. The van der Waals surface area contributed by atoms with Gasteiger partial charge in [0.25, 0.3) is 0 Å². The summed E-state index contributed by atoms with van der Waals surface area (Å²) in [5.74, 6) is 0.212. The second-order valence-corrected chi connectivity index (χ2v) is 2.05. The van der Waals surface area contributed by atoms with E-state index in [1.165, 1.54) is 0 Å². The molecule has 0 fully saturated rings. The molecule has 0 saturated carbocycles. The van der Waals surface area contributed by atoms with Crippen molar-refractivity contribution in [1.29, 1.82) is 5.41 Å². The highest BCUT2D eigenvalue weighted by atomic mass is 16.5. The molecule has 2 heteroatoms. The molecule has 0 atom stereocenters. The van der Waals surface area contributed by atoms with E-state index >= 15 is 0 Å². The molecular formula is C9H10NO. The largest absolute Gasteiger partial charge is 0.478 e. The first-order valence-electron chi connectivity index (χ1n) is 3.52. The molecule has 57 valence electrons. The highest BCUT2D eigenvalue weighted by Crippen LogP contribution is 1.99. The molecule has 0 aliphatic rings. The quantitative estimate of drug-likeness (QED) is 0.504. The highest BCUT2D eigenvalue weighted by Gasteiger charge is 1.97. The lowest BCUT2D eigenvalue weighted by atomic mass is 10.2. The second-order valence-electron chi connectivity index (χ2n) is 2.05. The molecule has 0 spiro atoms. The molecule has 1 aromatic rings. The minimum Gasteiger partial charge on any atom is -0.478 e. The zero-order chi connectivity index (χ0) is 8.10. The number of nitrogens with one attached hydrogen (secondary N) is 1. The van der Waals surface area contributed by atoms with E-state index in [1.807, 2.05) is 19.1 Å². The van der Waals surface area contributed by atoms with Gasteiger partial charge in [0.15, 0.2) is 0 Å². The fourth-order valence-corrected chi connectivity index (χ4v) is 0.762. The van der Waals surface area contributed by atoms with Crippen molar-refractivity contribution in [1.82, 2.24) is 0 Å². The van der Waals surface area contributed by atoms with Crippen LogP contribution in [0.2, 0.25) is 0 Å².